The zero-order valence-electron chi connectivity index (χ0n) is 8.29. The molecule has 0 aromatic rings. The van der Waals surface area contributed by atoms with E-state index in [1.807, 2.05) is 0 Å². The van der Waals surface area contributed by atoms with E-state index in [4.69, 9.17) is 0 Å². The summed E-state index contributed by atoms with van der Waals surface area (Å²) in [7, 11) is 2.24. The van der Waals surface area contributed by atoms with E-state index in [0.717, 1.165) is 12.1 Å². The fraction of sp³-hybridized carbons (Fsp3) is 1.00. The van der Waals surface area contributed by atoms with E-state index in [1.165, 1.54) is 38.9 Å². The third kappa shape index (κ3) is 1.50. The molecule has 1 aliphatic carbocycles. The highest BCUT2D eigenvalue weighted by Crippen LogP contribution is 2.26. The molecule has 1 saturated heterocycles. The van der Waals surface area contributed by atoms with E-state index in [2.05, 4.69) is 23.8 Å². The normalized spacial score (nSPS) is 35.0. The topological polar surface area (TPSA) is 6.48 Å². The highest BCUT2D eigenvalue weighted by Gasteiger charge is 2.29. The first-order valence-corrected chi connectivity index (χ1v) is 5.21. The fourth-order valence-corrected chi connectivity index (χ4v) is 2.16. The maximum Gasteiger partial charge on any atom is 0.0192 e. The molecule has 2 nitrogen and oxygen atoms in total. The first kappa shape index (κ1) is 8.52. The third-order valence-corrected chi connectivity index (χ3v) is 3.58. The Hall–Kier alpha value is -0.0800. The van der Waals surface area contributed by atoms with Crippen molar-refractivity contribution in [2.45, 2.75) is 38.3 Å². The molecule has 2 rings (SSSR count). The van der Waals surface area contributed by atoms with Gasteiger partial charge in [-0.1, -0.05) is 6.42 Å². The molecule has 0 amide bonds. The van der Waals surface area contributed by atoms with Crippen molar-refractivity contribution in [2.24, 2.45) is 0 Å². The van der Waals surface area contributed by atoms with Crippen molar-refractivity contribution in [1.82, 2.24) is 9.80 Å². The summed E-state index contributed by atoms with van der Waals surface area (Å²) in [6, 6.07) is 1.71. The van der Waals surface area contributed by atoms with E-state index < -0.39 is 0 Å². The average Bonchev–Trinajstić information content (AvgIpc) is 1.93. The summed E-state index contributed by atoms with van der Waals surface area (Å²) in [6.45, 7) is 6.19. The van der Waals surface area contributed by atoms with Gasteiger partial charge in [0.2, 0.25) is 0 Å². The van der Waals surface area contributed by atoms with Crippen LogP contribution in [-0.2, 0) is 0 Å². The largest absolute Gasteiger partial charge is 0.301 e. The van der Waals surface area contributed by atoms with Crippen molar-refractivity contribution in [2.75, 3.05) is 26.7 Å². The zero-order chi connectivity index (χ0) is 8.55. The van der Waals surface area contributed by atoms with E-state index >= 15 is 0 Å². The van der Waals surface area contributed by atoms with Crippen molar-refractivity contribution >= 4 is 0 Å². The summed E-state index contributed by atoms with van der Waals surface area (Å²) in [5, 5.41) is 0. The third-order valence-electron chi connectivity index (χ3n) is 3.58. The highest BCUT2D eigenvalue weighted by atomic mass is 15.3. The Morgan fingerprint density at radius 3 is 2.42 bits per heavy atom. The van der Waals surface area contributed by atoms with Crippen LogP contribution in [0.15, 0.2) is 0 Å². The van der Waals surface area contributed by atoms with Crippen LogP contribution in [0.4, 0.5) is 0 Å². The molecule has 1 aliphatic heterocycles. The maximum absolute atomic E-state index is 2.69. The van der Waals surface area contributed by atoms with Crippen LogP contribution >= 0.6 is 0 Å². The molecule has 1 saturated carbocycles. The molecular formula is C10H20N2. The Morgan fingerprint density at radius 2 is 1.92 bits per heavy atom. The molecule has 2 fully saturated rings. The molecule has 1 atom stereocenters. The summed E-state index contributed by atoms with van der Waals surface area (Å²) >= 11 is 0. The van der Waals surface area contributed by atoms with Crippen LogP contribution in [0.1, 0.15) is 26.2 Å². The Balaban J connectivity index is 1.84. The molecule has 70 valence electrons. The number of hydrogen-bond acceptors (Lipinski definition) is 2. The second-order valence-corrected chi connectivity index (χ2v) is 4.41. The van der Waals surface area contributed by atoms with Crippen LogP contribution in [0, 0.1) is 0 Å². The zero-order valence-corrected chi connectivity index (χ0v) is 8.29. The minimum atomic E-state index is 0.763. The van der Waals surface area contributed by atoms with Crippen LogP contribution < -0.4 is 0 Å². The van der Waals surface area contributed by atoms with Gasteiger partial charge < -0.3 is 4.90 Å². The lowest BCUT2D eigenvalue weighted by molar-refractivity contribution is 0.0423. The monoisotopic (exact) mass is 168 g/mol. The molecule has 0 aromatic carbocycles. The minimum Gasteiger partial charge on any atom is -0.301 e. The summed E-state index contributed by atoms with van der Waals surface area (Å²) in [6.07, 6.45) is 4.37. The van der Waals surface area contributed by atoms with E-state index in [0.29, 0.717) is 0 Å². The highest BCUT2D eigenvalue weighted by molar-refractivity contribution is 4.86. The lowest BCUT2D eigenvalue weighted by Crippen LogP contribution is -2.54. The quantitative estimate of drug-likeness (QED) is 0.580. The Bertz CT molecular complexity index is 154. The molecule has 0 unspecified atom stereocenters. The summed E-state index contributed by atoms with van der Waals surface area (Å²) < 4.78 is 0. The molecule has 2 heteroatoms. The molecule has 0 spiro atoms. The second-order valence-electron chi connectivity index (χ2n) is 4.41. The van der Waals surface area contributed by atoms with Gasteiger partial charge in [0.1, 0.15) is 0 Å². The van der Waals surface area contributed by atoms with Gasteiger partial charge in [-0.3, -0.25) is 4.90 Å². The van der Waals surface area contributed by atoms with Crippen LogP contribution in [0.3, 0.4) is 0 Å². The summed E-state index contributed by atoms with van der Waals surface area (Å²) in [5.74, 6) is 0. The predicted molar refractivity (Wildman–Crippen MR) is 51.3 cm³/mol. The Morgan fingerprint density at radius 1 is 1.17 bits per heavy atom. The van der Waals surface area contributed by atoms with Crippen LogP contribution in [0.25, 0.3) is 0 Å². The number of likely N-dealkylation sites (N-methyl/N-ethyl adjacent to an activating group) is 1. The van der Waals surface area contributed by atoms with E-state index in [1.54, 1.807) is 0 Å². The number of hydrogen-bond donors (Lipinski definition) is 0. The fourth-order valence-electron chi connectivity index (χ4n) is 2.16. The Kier molecular flexibility index (Phi) is 2.37. The Labute approximate surface area is 75.5 Å². The van der Waals surface area contributed by atoms with Crippen LogP contribution in [0.5, 0.6) is 0 Å². The lowest BCUT2D eigenvalue weighted by atomic mass is 9.90. The summed E-state index contributed by atoms with van der Waals surface area (Å²) in [4.78, 5) is 5.16. The number of rotatable bonds is 1. The number of nitrogens with zero attached hydrogens (tertiary/aromatic N) is 2. The molecular weight excluding hydrogens is 148 g/mol. The lowest BCUT2D eigenvalue weighted by Gasteiger charge is -2.45. The van der Waals surface area contributed by atoms with Gasteiger partial charge in [0.25, 0.3) is 0 Å². The molecule has 0 N–H and O–H groups in total. The SMILES string of the molecule is C[C@@H]1CN(C2CCC2)CCN1C. The van der Waals surface area contributed by atoms with E-state index in [-0.39, 0.29) is 0 Å². The molecule has 0 radical (unpaired) electrons. The van der Waals surface area contributed by atoms with Gasteiger partial charge >= 0.3 is 0 Å². The molecule has 12 heavy (non-hydrogen) atoms. The van der Waals surface area contributed by atoms with Crippen LogP contribution in [-0.4, -0.2) is 48.6 Å². The van der Waals surface area contributed by atoms with Crippen molar-refractivity contribution in [1.29, 1.82) is 0 Å². The van der Waals surface area contributed by atoms with Crippen molar-refractivity contribution in [3.05, 3.63) is 0 Å². The van der Waals surface area contributed by atoms with Gasteiger partial charge in [0.05, 0.1) is 0 Å². The minimum absolute atomic E-state index is 0.763. The molecule has 1 heterocycles. The maximum atomic E-state index is 2.69. The number of piperazine rings is 1. The van der Waals surface area contributed by atoms with Crippen molar-refractivity contribution < 1.29 is 0 Å². The smallest absolute Gasteiger partial charge is 0.0192 e. The van der Waals surface area contributed by atoms with Crippen molar-refractivity contribution in [3.63, 3.8) is 0 Å². The standard InChI is InChI=1S/C10H20N2/c1-9-8-12(7-6-11(9)2)10-4-3-5-10/h9-10H,3-8H2,1-2H3/t9-/m1/s1. The first-order valence-electron chi connectivity index (χ1n) is 5.21. The first-order chi connectivity index (χ1) is 5.77. The average molecular weight is 168 g/mol. The van der Waals surface area contributed by atoms with E-state index in [9.17, 15) is 0 Å². The second kappa shape index (κ2) is 3.35. The van der Waals surface area contributed by atoms with Gasteiger partial charge in [-0.15, -0.1) is 0 Å². The molecule has 2 aliphatic rings. The summed E-state index contributed by atoms with van der Waals surface area (Å²) in [5.41, 5.74) is 0. The van der Waals surface area contributed by atoms with Crippen molar-refractivity contribution in [3.8, 4) is 0 Å². The van der Waals surface area contributed by atoms with Crippen LogP contribution in [0.2, 0.25) is 0 Å². The van der Waals surface area contributed by atoms with Gasteiger partial charge in [-0.2, -0.15) is 0 Å². The van der Waals surface area contributed by atoms with Gasteiger partial charge in [0.15, 0.2) is 0 Å². The van der Waals surface area contributed by atoms with Gasteiger partial charge in [-0.25, -0.2) is 0 Å². The van der Waals surface area contributed by atoms with Gasteiger partial charge in [-0.05, 0) is 26.8 Å². The predicted octanol–water partition coefficient (Wildman–Crippen LogP) is 1.17. The molecule has 0 bridgehead atoms. The van der Waals surface area contributed by atoms with Gasteiger partial charge in [0, 0.05) is 31.7 Å². The molecule has 0 aromatic heterocycles.